The van der Waals surface area contributed by atoms with E-state index in [0.29, 0.717) is 6.54 Å². The van der Waals surface area contributed by atoms with Gasteiger partial charge in [0.15, 0.2) is 0 Å². The van der Waals surface area contributed by atoms with Gasteiger partial charge in [-0.1, -0.05) is 12.1 Å². The number of nitrogens with one attached hydrogen (secondary N) is 1. The van der Waals surface area contributed by atoms with Gasteiger partial charge in [-0.3, -0.25) is 4.68 Å². The average Bonchev–Trinajstić information content (AvgIpc) is 2.88. The zero-order valence-corrected chi connectivity index (χ0v) is 12.4. The first kappa shape index (κ1) is 13.2. The second-order valence-electron chi connectivity index (χ2n) is 4.16. The van der Waals surface area contributed by atoms with Crippen LogP contribution in [0, 0.1) is 6.92 Å². The van der Waals surface area contributed by atoms with Crippen molar-refractivity contribution in [2.45, 2.75) is 26.9 Å². The molecule has 0 unspecified atom stereocenters. The minimum absolute atomic E-state index is 0.664. The summed E-state index contributed by atoms with van der Waals surface area (Å²) < 4.78 is 4.73. The molecular weight excluding hydrogens is 296 g/mol. The molecule has 6 nitrogen and oxygen atoms in total. The van der Waals surface area contributed by atoms with Crippen LogP contribution in [-0.4, -0.2) is 31.3 Å². The molecule has 2 heterocycles. The standard InChI is InChI=1S/C11H17BrN6/c1-4-13-5-9-6-18(16-14-9)7-10-11(12)8(2)15-17(10)3/h6,13H,4-5,7H2,1-3H3. The van der Waals surface area contributed by atoms with Gasteiger partial charge >= 0.3 is 0 Å². The molecule has 0 aliphatic heterocycles. The van der Waals surface area contributed by atoms with Gasteiger partial charge in [-0.05, 0) is 29.4 Å². The van der Waals surface area contributed by atoms with Crippen molar-refractivity contribution in [3.05, 3.63) is 27.8 Å². The maximum absolute atomic E-state index is 4.36. The molecule has 7 heteroatoms. The number of hydrogen-bond acceptors (Lipinski definition) is 4. The van der Waals surface area contributed by atoms with E-state index in [0.717, 1.165) is 34.6 Å². The molecule has 0 aliphatic carbocycles. The molecule has 0 aliphatic rings. The third kappa shape index (κ3) is 2.78. The van der Waals surface area contributed by atoms with Crippen molar-refractivity contribution in [3.8, 4) is 0 Å². The predicted molar refractivity (Wildman–Crippen MR) is 72.1 cm³/mol. The van der Waals surface area contributed by atoms with Crippen molar-refractivity contribution >= 4 is 15.9 Å². The molecule has 2 aromatic heterocycles. The van der Waals surface area contributed by atoms with E-state index in [9.17, 15) is 0 Å². The topological polar surface area (TPSA) is 60.6 Å². The van der Waals surface area contributed by atoms with Crippen molar-refractivity contribution in [3.63, 3.8) is 0 Å². The van der Waals surface area contributed by atoms with Crippen LogP contribution in [0.15, 0.2) is 10.7 Å². The van der Waals surface area contributed by atoms with Gasteiger partial charge < -0.3 is 5.32 Å². The van der Waals surface area contributed by atoms with Crippen molar-refractivity contribution in [1.82, 2.24) is 30.1 Å². The van der Waals surface area contributed by atoms with E-state index in [1.807, 2.05) is 29.5 Å². The lowest BCUT2D eigenvalue weighted by Gasteiger charge is -2.02. The molecular formula is C11H17BrN6. The Hall–Kier alpha value is -1.21. The molecule has 0 fully saturated rings. The van der Waals surface area contributed by atoms with E-state index >= 15 is 0 Å². The molecule has 0 saturated heterocycles. The highest BCUT2D eigenvalue weighted by atomic mass is 79.9. The molecule has 0 radical (unpaired) electrons. The number of halogens is 1. The fraction of sp³-hybridized carbons (Fsp3) is 0.545. The third-order valence-corrected chi connectivity index (χ3v) is 3.75. The Morgan fingerprint density at radius 3 is 2.83 bits per heavy atom. The van der Waals surface area contributed by atoms with E-state index in [4.69, 9.17) is 0 Å². The summed E-state index contributed by atoms with van der Waals surface area (Å²) in [4.78, 5) is 0. The summed E-state index contributed by atoms with van der Waals surface area (Å²) in [6.07, 6.45) is 1.96. The van der Waals surface area contributed by atoms with Gasteiger partial charge in [0.25, 0.3) is 0 Å². The lowest BCUT2D eigenvalue weighted by molar-refractivity contribution is 0.597. The van der Waals surface area contributed by atoms with E-state index < -0.39 is 0 Å². The van der Waals surface area contributed by atoms with Crippen LogP contribution in [-0.2, 0) is 20.1 Å². The molecule has 1 N–H and O–H groups in total. The first-order chi connectivity index (χ1) is 8.61. The Morgan fingerprint density at radius 1 is 1.44 bits per heavy atom. The van der Waals surface area contributed by atoms with Gasteiger partial charge in [-0.25, -0.2) is 4.68 Å². The number of aromatic nitrogens is 5. The highest BCUT2D eigenvalue weighted by Gasteiger charge is 2.11. The van der Waals surface area contributed by atoms with Crippen LogP contribution in [0.2, 0.25) is 0 Å². The van der Waals surface area contributed by atoms with Crippen LogP contribution in [0.5, 0.6) is 0 Å². The molecule has 2 aromatic rings. The summed E-state index contributed by atoms with van der Waals surface area (Å²) in [5.74, 6) is 0. The van der Waals surface area contributed by atoms with E-state index in [2.05, 4.69) is 43.6 Å². The van der Waals surface area contributed by atoms with Gasteiger partial charge in [-0.15, -0.1) is 5.10 Å². The summed E-state index contributed by atoms with van der Waals surface area (Å²) in [6, 6.07) is 0. The quantitative estimate of drug-likeness (QED) is 0.902. The molecule has 0 saturated carbocycles. The van der Waals surface area contributed by atoms with Crippen LogP contribution in [0.4, 0.5) is 0 Å². The average molecular weight is 313 g/mol. The van der Waals surface area contributed by atoms with E-state index in [1.54, 1.807) is 0 Å². The second-order valence-corrected chi connectivity index (χ2v) is 4.95. The maximum Gasteiger partial charge on any atom is 0.0964 e. The largest absolute Gasteiger partial charge is 0.311 e. The Bertz CT molecular complexity index is 530. The fourth-order valence-corrected chi connectivity index (χ4v) is 2.22. The lowest BCUT2D eigenvalue weighted by Crippen LogP contribution is -2.11. The van der Waals surface area contributed by atoms with Crippen molar-refractivity contribution < 1.29 is 0 Å². The first-order valence-electron chi connectivity index (χ1n) is 5.89. The molecule has 0 amide bonds. The Balaban J connectivity index is 2.11. The molecule has 98 valence electrons. The summed E-state index contributed by atoms with van der Waals surface area (Å²) in [6.45, 7) is 6.39. The predicted octanol–water partition coefficient (Wildman–Crippen LogP) is 1.24. The molecule has 2 rings (SSSR count). The Labute approximate surface area is 114 Å². The second kappa shape index (κ2) is 5.62. The highest BCUT2D eigenvalue weighted by Crippen LogP contribution is 2.20. The normalized spacial score (nSPS) is 11.1. The number of nitrogens with zero attached hydrogens (tertiary/aromatic N) is 5. The minimum Gasteiger partial charge on any atom is -0.311 e. The van der Waals surface area contributed by atoms with Crippen molar-refractivity contribution in [2.24, 2.45) is 7.05 Å². The van der Waals surface area contributed by atoms with E-state index in [-0.39, 0.29) is 0 Å². The maximum atomic E-state index is 4.36. The minimum atomic E-state index is 0.664. The number of rotatable bonds is 5. The smallest absolute Gasteiger partial charge is 0.0964 e. The van der Waals surface area contributed by atoms with Crippen LogP contribution < -0.4 is 5.32 Å². The first-order valence-corrected chi connectivity index (χ1v) is 6.68. The Kier molecular flexibility index (Phi) is 4.13. The van der Waals surface area contributed by atoms with Crippen LogP contribution in [0.3, 0.4) is 0 Å². The monoisotopic (exact) mass is 312 g/mol. The van der Waals surface area contributed by atoms with Gasteiger partial charge in [0.2, 0.25) is 0 Å². The molecule has 0 atom stereocenters. The summed E-state index contributed by atoms with van der Waals surface area (Å²) in [5.41, 5.74) is 3.03. The number of aryl methyl sites for hydroxylation is 2. The van der Waals surface area contributed by atoms with Gasteiger partial charge in [0, 0.05) is 13.6 Å². The highest BCUT2D eigenvalue weighted by molar-refractivity contribution is 9.10. The fourth-order valence-electron chi connectivity index (χ4n) is 1.76. The van der Waals surface area contributed by atoms with Crippen molar-refractivity contribution in [2.75, 3.05) is 6.54 Å². The molecule has 18 heavy (non-hydrogen) atoms. The summed E-state index contributed by atoms with van der Waals surface area (Å²) in [7, 11) is 1.93. The zero-order valence-electron chi connectivity index (χ0n) is 10.8. The van der Waals surface area contributed by atoms with Crippen LogP contribution in [0.1, 0.15) is 24.0 Å². The molecule has 0 aromatic carbocycles. The third-order valence-electron chi connectivity index (χ3n) is 2.72. The van der Waals surface area contributed by atoms with Gasteiger partial charge in [0.05, 0.1) is 34.3 Å². The lowest BCUT2D eigenvalue weighted by atomic mass is 10.3. The summed E-state index contributed by atoms with van der Waals surface area (Å²) in [5, 5.41) is 15.8. The zero-order chi connectivity index (χ0) is 13.1. The molecule has 0 bridgehead atoms. The summed E-state index contributed by atoms with van der Waals surface area (Å²) >= 11 is 3.55. The molecule has 0 spiro atoms. The SMILES string of the molecule is CCNCc1cn(Cc2c(Br)c(C)nn2C)nn1. The van der Waals surface area contributed by atoms with Crippen LogP contribution >= 0.6 is 15.9 Å². The van der Waals surface area contributed by atoms with Gasteiger partial charge in [-0.2, -0.15) is 5.10 Å². The van der Waals surface area contributed by atoms with Crippen molar-refractivity contribution in [1.29, 1.82) is 0 Å². The Morgan fingerprint density at radius 2 is 2.22 bits per heavy atom. The number of hydrogen-bond donors (Lipinski definition) is 1. The van der Waals surface area contributed by atoms with Crippen LogP contribution in [0.25, 0.3) is 0 Å². The van der Waals surface area contributed by atoms with Gasteiger partial charge in [0.1, 0.15) is 0 Å². The van der Waals surface area contributed by atoms with E-state index in [1.165, 1.54) is 0 Å².